The molecule has 0 bridgehead atoms. The maximum absolute atomic E-state index is 11.3. The number of halogens is 1. The summed E-state index contributed by atoms with van der Waals surface area (Å²) < 4.78 is 24.4. The van der Waals surface area contributed by atoms with Crippen molar-refractivity contribution in [2.45, 2.75) is 19.9 Å². The van der Waals surface area contributed by atoms with E-state index in [1.54, 1.807) is 4.68 Å². The van der Waals surface area contributed by atoms with Gasteiger partial charge in [0.25, 0.3) is 0 Å². The molecule has 1 unspecified atom stereocenters. The van der Waals surface area contributed by atoms with E-state index in [1.807, 2.05) is 14.0 Å². The lowest BCUT2D eigenvalue weighted by molar-refractivity contribution is 0.510. The van der Waals surface area contributed by atoms with E-state index >= 15 is 0 Å². The topological polar surface area (TPSA) is 64.0 Å². The Morgan fingerprint density at radius 1 is 1.56 bits per heavy atom. The van der Waals surface area contributed by atoms with Crippen LogP contribution in [0.1, 0.15) is 17.8 Å². The summed E-state index contributed by atoms with van der Waals surface area (Å²) in [5.41, 5.74) is 1.76. The number of aromatic nitrogens is 2. The summed E-state index contributed by atoms with van der Waals surface area (Å²) in [7, 11) is -0.929. The van der Waals surface area contributed by atoms with Gasteiger partial charge in [0, 0.05) is 13.6 Å². The molecule has 1 aromatic heterocycles. The molecular weight excluding hydrogens is 274 g/mol. The summed E-state index contributed by atoms with van der Waals surface area (Å²) in [5.74, 6) is 0.853. The van der Waals surface area contributed by atoms with Gasteiger partial charge in [0.1, 0.15) is 0 Å². The number of sulfone groups is 1. The van der Waals surface area contributed by atoms with E-state index in [9.17, 15) is 8.42 Å². The molecule has 1 aromatic rings. The first kappa shape index (κ1) is 13.8. The number of hydrogen-bond donors (Lipinski definition) is 1. The lowest BCUT2D eigenvalue weighted by Gasteiger charge is -2.09. The second-order valence-corrected chi connectivity index (χ2v) is 7.48. The van der Waals surface area contributed by atoms with Crippen molar-refractivity contribution in [2.75, 3.05) is 18.1 Å². The lowest BCUT2D eigenvalue weighted by Crippen LogP contribution is -2.24. The molecule has 2 heterocycles. The van der Waals surface area contributed by atoms with Crippen LogP contribution in [0.5, 0.6) is 0 Å². The van der Waals surface area contributed by atoms with Gasteiger partial charge in [-0.3, -0.25) is 4.68 Å². The number of rotatable bonds is 4. The van der Waals surface area contributed by atoms with Gasteiger partial charge < -0.3 is 5.32 Å². The van der Waals surface area contributed by atoms with Crippen molar-refractivity contribution in [3.8, 4) is 0 Å². The van der Waals surface area contributed by atoms with E-state index in [-0.39, 0.29) is 5.92 Å². The third-order valence-electron chi connectivity index (χ3n) is 3.31. The third-order valence-corrected chi connectivity index (χ3v) is 5.64. The van der Waals surface area contributed by atoms with E-state index in [1.165, 1.54) is 0 Å². The van der Waals surface area contributed by atoms with Gasteiger partial charge in [0.2, 0.25) is 0 Å². The average Bonchev–Trinajstić information content (AvgIpc) is 2.73. The lowest BCUT2D eigenvalue weighted by atomic mass is 10.1. The zero-order chi connectivity index (χ0) is 13.3. The Morgan fingerprint density at radius 3 is 2.78 bits per heavy atom. The molecule has 102 valence electrons. The second-order valence-electron chi connectivity index (χ2n) is 4.87. The molecule has 1 atom stereocenters. The summed E-state index contributed by atoms with van der Waals surface area (Å²) in [5, 5.41) is 8.18. The minimum atomic E-state index is -2.79. The van der Waals surface area contributed by atoms with E-state index < -0.39 is 9.84 Å². The van der Waals surface area contributed by atoms with Crippen LogP contribution >= 0.6 is 11.6 Å². The molecule has 1 aliphatic rings. The number of hydrogen-bond acceptors (Lipinski definition) is 4. The zero-order valence-corrected chi connectivity index (χ0v) is 12.2. The summed E-state index contributed by atoms with van der Waals surface area (Å²) in [6, 6.07) is 0. The molecule has 1 saturated heterocycles. The van der Waals surface area contributed by atoms with Gasteiger partial charge in [-0.25, -0.2) is 8.42 Å². The van der Waals surface area contributed by atoms with E-state index in [2.05, 4.69) is 10.4 Å². The van der Waals surface area contributed by atoms with Crippen molar-refractivity contribution in [3.05, 3.63) is 16.4 Å². The number of nitrogens with one attached hydrogen (secondary N) is 1. The molecule has 0 spiro atoms. The highest BCUT2D eigenvalue weighted by Gasteiger charge is 2.27. The molecule has 0 aromatic carbocycles. The number of aryl methyl sites for hydroxylation is 2. The standard InChI is InChI=1S/C11H18ClN3O2S/c1-8-11(12)10(15(2)14-8)6-13-5-9-3-4-18(16,17)7-9/h9,13H,3-7H2,1-2H3. The van der Waals surface area contributed by atoms with Gasteiger partial charge in [-0.2, -0.15) is 5.10 Å². The fourth-order valence-corrected chi connectivity index (χ4v) is 4.39. The van der Waals surface area contributed by atoms with Gasteiger partial charge in [-0.1, -0.05) is 11.6 Å². The predicted octanol–water partition coefficient (Wildman–Crippen LogP) is 0.906. The Kier molecular flexibility index (Phi) is 3.99. The van der Waals surface area contributed by atoms with Crippen molar-refractivity contribution >= 4 is 21.4 Å². The molecule has 18 heavy (non-hydrogen) atoms. The van der Waals surface area contributed by atoms with Crippen LogP contribution in [0.3, 0.4) is 0 Å². The molecule has 1 fully saturated rings. The highest BCUT2D eigenvalue weighted by atomic mass is 35.5. The van der Waals surface area contributed by atoms with E-state index in [0.29, 0.717) is 29.6 Å². The fourth-order valence-electron chi connectivity index (χ4n) is 2.30. The quantitative estimate of drug-likeness (QED) is 0.895. The number of nitrogens with zero attached hydrogens (tertiary/aromatic N) is 2. The van der Waals surface area contributed by atoms with Crippen molar-refractivity contribution in [2.24, 2.45) is 13.0 Å². The van der Waals surface area contributed by atoms with Crippen LogP contribution in [0.2, 0.25) is 5.02 Å². The molecular formula is C11H18ClN3O2S. The minimum absolute atomic E-state index is 0.225. The molecule has 2 rings (SSSR count). The summed E-state index contributed by atoms with van der Waals surface area (Å²) >= 11 is 6.14. The largest absolute Gasteiger partial charge is 0.311 e. The van der Waals surface area contributed by atoms with Crippen LogP contribution in [0.15, 0.2) is 0 Å². The van der Waals surface area contributed by atoms with Crippen LogP contribution in [-0.4, -0.2) is 36.2 Å². The van der Waals surface area contributed by atoms with Gasteiger partial charge in [0.05, 0.1) is 27.9 Å². The Labute approximate surface area is 112 Å². The van der Waals surface area contributed by atoms with Crippen LogP contribution < -0.4 is 5.32 Å². The van der Waals surface area contributed by atoms with Crippen LogP contribution in [0.25, 0.3) is 0 Å². The van der Waals surface area contributed by atoms with E-state index in [4.69, 9.17) is 11.6 Å². The highest BCUT2D eigenvalue weighted by Crippen LogP contribution is 2.20. The molecule has 0 amide bonds. The summed E-state index contributed by atoms with van der Waals surface area (Å²) in [6.07, 6.45) is 0.757. The summed E-state index contributed by atoms with van der Waals surface area (Å²) in [4.78, 5) is 0. The first-order valence-corrected chi connectivity index (χ1v) is 8.18. The molecule has 1 N–H and O–H groups in total. The zero-order valence-electron chi connectivity index (χ0n) is 10.6. The van der Waals surface area contributed by atoms with Crippen molar-refractivity contribution < 1.29 is 8.42 Å². The van der Waals surface area contributed by atoms with Crippen LogP contribution in [0.4, 0.5) is 0 Å². The van der Waals surface area contributed by atoms with E-state index in [0.717, 1.165) is 17.8 Å². The first-order valence-electron chi connectivity index (χ1n) is 5.98. The van der Waals surface area contributed by atoms with Gasteiger partial charge in [-0.05, 0) is 25.8 Å². The van der Waals surface area contributed by atoms with Crippen molar-refractivity contribution in [1.82, 2.24) is 15.1 Å². The molecule has 7 heteroatoms. The normalized spacial score (nSPS) is 22.5. The SMILES string of the molecule is Cc1nn(C)c(CNCC2CCS(=O)(=O)C2)c1Cl. The smallest absolute Gasteiger partial charge is 0.150 e. The molecule has 0 saturated carbocycles. The Hall–Kier alpha value is -0.590. The average molecular weight is 292 g/mol. The fraction of sp³-hybridized carbons (Fsp3) is 0.727. The maximum Gasteiger partial charge on any atom is 0.150 e. The monoisotopic (exact) mass is 291 g/mol. The van der Waals surface area contributed by atoms with Gasteiger partial charge in [0.15, 0.2) is 9.84 Å². The molecule has 5 nitrogen and oxygen atoms in total. The first-order chi connectivity index (χ1) is 8.39. The van der Waals surface area contributed by atoms with Crippen LogP contribution in [0, 0.1) is 12.8 Å². The Bertz CT molecular complexity index is 539. The Morgan fingerprint density at radius 2 is 2.28 bits per heavy atom. The predicted molar refractivity (Wildman–Crippen MR) is 71.4 cm³/mol. The Balaban J connectivity index is 1.86. The van der Waals surface area contributed by atoms with Gasteiger partial charge >= 0.3 is 0 Å². The van der Waals surface area contributed by atoms with Crippen LogP contribution in [-0.2, 0) is 23.4 Å². The molecule has 0 radical (unpaired) electrons. The third kappa shape index (κ3) is 3.05. The second kappa shape index (κ2) is 5.19. The summed E-state index contributed by atoms with van der Waals surface area (Å²) in [6.45, 7) is 3.20. The maximum atomic E-state index is 11.3. The minimum Gasteiger partial charge on any atom is -0.311 e. The van der Waals surface area contributed by atoms with Crippen molar-refractivity contribution in [3.63, 3.8) is 0 Å². The molecule has 0 aliphatic carbocycles. The van der Waals surface area contributed by atoms with Crippen molar-refractivity contribution in [1.29, 1.82) is 0 Å². The van der Waals surface area contributed by atoms with Gasteiger partial charge in [-0.15, -0.1) is 0 Å². The molecule has 1 aliphatic heterocycles. The highest BCUT2D eigenvalue weighted by molar-refractivity contribution is 7.91.